The topological polar surface area (TPSA) is 29.5 Å². The fourth-order valence-electron chi connectivity index (χ4n) is 5.42. The van der Waals surface area contributed by atoms with E-state index in [4.69, 9.17) is 4.74 Å². The summed E-state index contributed by atoms with van der Waals surface area (Å²) in [5.74, 6) is 0.148. The lowest BCUT2D eigenvalue weighted by molar-refractivity contribution is 0.0477. The third-order valence-corrected chi connectivity index (χ3v) is 6.76. The molecule has 1 saturated heterocycles. The quantitative estimate of drug-likeness (QED) is 0.705. The van der Waals surface area contributed by atoms with E-state index in [2.05, 4.69) is 35.2 Å². The maximum absolute atomic E-state index is 12.6. The number of carbonyl (C=O) groups excluding carboxylic acids is 1. The molecule has 2 aliphatic carbocycles. The van der Waals surface area contributed by atoms with Gasteiger partial charge in [-0.05, 0) is 60.2 Å². The summed E-state index contributed by atoms with van der Waals surface area (Å²) < 4.78 is 5.60. The molecule has 0 radical (unpaired) electrons. The molecule has 1 aliphatic heterocycles. The van der Waals surface area contributed by atoms with Crippen molar-refractivity contribution in [1.29, 1.82) is 0 Å². The van der Waals surface area contributed by atoms with Crippen LogP contribution in [-0.4, -0.2) is 37.0 Å². The SMILES string of the molecule is CC(=O)c1cc2c(cc1-c1ccccc1)C=C(N1CCOCC1)C21CCCC1. The largest absolute Gasteiger partial charge is 0.378 e. The molecule has 3 aliphatic rings. The first kappa shape index (κ1) is 17.7. The molecule has 3 nitrogen and oxygen atoms in total. The summed E-state index contributed by atoms with van der Waals surface area (Å²) in [6.45, 7) is 5.23. The number of allylic oxidation sites excluding steroid dienone is 1. The van der Waals surface area contributed by atoms with Gasteiger partial charge in [0.1, 0.15) is 0 Å². The Kier molecular flexibility index (Phi) is 4.36. The average Bonchev–Trinajstić information content (AvgIpc) is 3.34. The zero-order chi connectivity index (χ0) is 19.1. The Morgan fingerprint density at radius 3 is 2.43 bits per heavy atom. The number of rotatable bonds is 3. The van der Waals surface area contributed by atoms with Crippen LogP contribution in [0.5, 0.6) is 0 Å². The zero-order valence-corrected chi connectivity index (χ0v) is 16.5. The van der Waals surface area contributed by atoms with Gasteiger partial charge in [-0.25, -0.2) is 0 Å². The van der Waals surface area contributed by atoms with Crippen LogP contribution < -0.4 is 0 Å². The Morgan fingerprint density at radius 1 is 1.04 bits per heavy atom. The minimum atomic E-state index is 0.0894. The van der Waals surface area contributed by atoms with Crippen LogP contribution in [0.1, 0.15) is 54.1 Å². The second-order valence-electron chi connectivity index (χ2n) is 8.33. The number of morpholine rings is 1. The summed E-state index contributed by atoms with van der Waals surface area (Å²) in [7, 11) is 0. The highest BCUT2D eigenvalue weighted by molar-refractivity contribution is 6.02. The number of hydrogen-bond acceptors (Lipinski definition) is 3. The summed E-state index contributed by atoms with van der Waals surface area (Å²) in [5, 5.41) is 0. The van der Waals surface area contributed by atoms with Gasteiger partial charge in [-0.1, -0.05) is 43.2 Å². The number of carbonyl (C=O) groups is 1. The van der Waals surface area contributed by atoms with Gasteiger partial charge in [0.05, 0.1) is 13.2 Å². The third-order valence-electron chi connectivity index (χ3n) is 6.76. The van der Waals surface area contributed by atoms with E-state index in [-0.39, 0.29) is 11.2 Å². The van der Waals surface area contributed by atoms with Crippen LogP contribution >= 0.6 is 0 Å². The smallest absolute Gasteiger partial charge is 0.160 e. The van der Waals surface area contributed by atoms with Crippen molar-refractivity contribution >= 4 is 11.9 Å². The van der Waals surface area contributed by atoms with Crippen LogP contribution in [0.2, 0.25) is 0 Å². The van der Waals surface area contributed by atoms with E-state index < -0.39 is 0 Å². The van der Waals surface area contributed by atoms with E-state index >= 15 is 0 Å². The molecule has 2 fully saturated rings. The molecular weight excluding hydrogens is 346 g/mol. The first-order valence-corrected chi connectivity index (χ1v) is 10.5. The van der Waals surface area contributed by atoms with E-state index in [1.165, 1.54) is 42.5 Å². The first-order chi connectivity index (χ1) is 13.7. The third kappa shape index (κ3) is 2.72. The fourth-order valence-corrected chi connectivity index (χ4v) is 5.42. The lowest BCUT2D eigenvalue weighted by Gasteiger charge is -2.39. The normalized spacial score (nSPS) is 20.3. The molecule has 1 spiro atoms. The van der Waals surface area contributed by atoms with Gasteiger partial charge in [0, 0.05) is 29.8 Å². The minimum absolute atomic E-state index is 0.0894. The molecule has 0 unspecified atom stereocenters. The van der Waals surface area contributed by atoms with Gasteiger partial charge in [0.15, 0.2) is 5.78 Å². The van der Waals surface area contributed by atoms with Gasteiger partial charge < -0.3 is 9.64 Å². The number of ether oxygens (including phenoxy) is 1. The van der Waals surface area contributed by atoms with Crippen LogP contribution in [0.3, 0.4) is 0 Å². The summed E-state index contributed by atoms with van der Waals surface area (Å²) in [6, 6.07) is 14.8. The van der Waals surface area contributed by atoms with Crippen molar-refractivity contribution in [2.45, 2.75) is 38.0 Å². The number of nitrogens with zero attached hydrogens (tertiary/aromatic N) is 1. The summed E-state index contributed by atoms with van der Waals surface area (Å²) in [5.41, 5.74) is 7.25. The predicted molar refractivity (Wildman–Crippen MR) is 112 cm³/mol. The average molecular weight is 373 g/mol. The Hall–Kier alpha value is -2.39. The van der Waals surface area contributed by atoms with E-state index in [1.54, 1.807) is 6.92 Å². The standard InChI is InChI=1S/C25H27NO2/c1-18(27)21-17-23-20(15-22(21)19-7-3-2-4-8-19)16-24(25(23)9-5-6-10-25)26-11-13-28-14-12-26/h2-4,7-8,15-17H,5-6,9-14H2,1H3. The number of benzene rings is 2. The number of ketones is 1. The van der Waals surface area contributed by atoms with Gasteiger partial charge in [-0.2, -0.15) is 0 Å². The molecule has 0 N–H and O–H groups in total. The van der Waals surface area contributed by atoms with Gasteiger partial charge in [0.2, 0.25) is 0 Å². The Balaban J connectivity index is 1.68. The van der Waals surface area contributed by atoms with E-state index in [1.807, 2.05) is 18.2 Å². The lowest BCUT2D eigenvalue weighted by atomic mass is 9.76. The molecule has 1 heterocycles. The Bertz CT molecular complexity index is 933. The van der Waals surface area contributed by atoms with E-state index in [0.717, 1.165) is 43.0 Å². The fraction of sp³-hybridized carbons (Fsp3) is 0.400. The monoisotopic (exact) mass is 373 g/mol. The number of fused-ring (bicyclic) bond motifs is 2. The summed E-state index contributed by atoms with van der Waals surface area (Å²) in [4.78, 5) is 15.1. The zero-order valence-electron chi connectivity index (χ0n) is 16.5. The van der Waals surface area contributed by atoms with Crippen LogP contribution in [-0.2, 0) is 10.2 Å². The second-order valence-corrected chi connectivity index (χ2v) is 8.33. The molecule has 3 heteroatoms. The van der Waals surface area contributed by atoms with Gasteiger partial charge in [-0.3, -0.25) is 4.79 Å². The van der Waals surface area contributed by atoms with Crippen LogP contribution in [0.25, 0.3) is 17.2 Å². The predicted octanol–water partition coefficient (Wildman–Crippen LogP) is 5.05. The molecule has 0 atom stereocenters. The molecule has 5 rings (SSSR count). The van der Waals surface area contributed by atoms with Crippen molar-refractivity contribution in [3.63, 3.8) is 0 Å². The van der Waals surface area contributed by atoms with E-state index in [0.29, 0.717) is 0 Å². The number of Topliss-reactive ketones (excluding diaryl/α,β-unsaturated/α-hetero) is 1. The molecular formula is C25H27NO2. The first-order valence-electron chi connectivity index (χ1n) is 10.5. The van der Waals surface area contributed by atoms with Gasteiger partial charge >= 0.3 is 0 Å². The molecule has 0 bridgehead atoms. The lowest BCUT2D eigenvalue weighted by Crippen LogP contribution is -2.41. The minimum Gasteiger partial charge on any atom is -0.378 e. The van der Waals surface area contributed by atoms with Gasteiger partial charge in [-0.15, -0.1) is 0 Å². The van der Waals surface area contributed by atoms with Crippen molar-refractivity contribution in [3.05, 3.63) is 64.9 Å². The van der Waals surface area contributed by atoms with Crippen LogP contribution in [0.4, 0.5) is 0 Å². The summed E-state index contributed by atoms with van der Waals surface area (Å²) >= 11 is 0. The van der Waals surface area contributed by atoms with Crippen molar-refractivity contribution in [3.8, 4) is 11.1 Å². The second kappa shape index (κ2) is 6.89. The molecule has 2 aromatic carbocycles. The molecule has 28 heavy (non-hydrogen) atoms. The van der Waals surface area contributed by atoms with Crippen LogP contribution in [0, 0.1) is 0 Å². The van der Waals surface area contributed by atoms with Crippen molar-refractivity contribution < 1.29 is 9.53 Å². The van der Waals surface area contributed by atoms with E-state index in [9.17, 15) is 4.79 Å². The maximum atomic E-state index is 12.6. The Morgan fingerprint density at radius 2 is 1.75 bits per heavy atom. The molecule has 144 valence electrons. The highest BCUT2D eigenvalue weighted by Crippen LogP contribution is 2.54. The highest BCUT2D eigenvalue weighted by atomic mass is 16.5. The maximum Gasteiger partial charge on any atom is 0.160 e. The van der Waals surface area contributed by atoms with Crippen molar-refractivity contribution in [1.82, 2.24) is 4.90 Å². The summed E-state index contributed by atoms with van der Waals surface area (Å²) in [6.07, 6.45) is 7.30. The molecule has 0 aromatic heterocycles. The molecule has 2 aromatic rings. The number of hydrogen-bond donors (Lipinski definition) is 0. The highest BCUT2D eigenvalue weighted by Gasteiger charge is 2.46. The van der Waals surface area contributed by atoms with Crippen LogP contribution in [0.15, 0.2) is 48.2 Å². The van der Waals surface area contributed by atoms with Gasteiger partial charge in [0.25, 0.3) is 0 Å². The molecule has 1 saturated carbocycles. The molecule has 0 amide bonds. The Labute approximate surface area is 167 Å². The van der Waals surface area contributed by atoms with Crippen molar-refractivity contribution in [2.75, 3.05) is 26.3 Å². The van der Waals surface area contributed by atoms with Crippen molar-refractivity contribution in [2.24, 2.45) is 0 Å².